The number of rotatable bonds is 20. The number of carbonyl (C=O) groups excluding carboxylic acids is 7. The summed E-state index contributed by atoms with van der Waals surface area (Å²) in [6.45, 7) is 4.23. The van der Waals surface area contributed by atoms with Gasteiger partial charge in [-0.1, -0.05) is 57.6 Å². The van der Waals surface area contributed by atoms with E-state index < -0.39 is 54.6 Å². The molecule has 0 N–H and O–H groups in total. The van der Waals surface area contributed by atoms with Crippen molar-refractivity contribution in [2.75, 3.05) is 0 Å². The normalized spacial score (nSPS) is 11.5. The highest BCUT2D eigenvalue weighted by Crippen LogP contribution is 2.14. The molecule has 0 amide bonds. The predicted octanol–water partition coefficient (Wildman–Crippen LogP) is 4.58. The molecule has 0 heterocycles. The third-order valence-electron chi connectivity index (χ3n) is 5.32. The first-order chi connectivity index (χ1) is 18.5. The third kappa shape index (κ3) is 23.5. The maximum atomic E-state index is 12.0. The van der Waals surface area contributed by atoms with Crippen molar-refractivity contribution in [3.63, 3.8) is 0 Å². The van der Waals surface area contributed by atoms with Gasteiger partial charge in [-0.25, -0.2) is 0 Å². The Bertz CT molecular complexity index is 844. The van der Waals surface area contributed by atoms with Gasteiger partial charge in [0.25, 0.3) is 0 Å². The van der Waals surface area contributed by atoms with Gasteiger partial charge < -0.3 is 18.9 Å². The highest BCUT2D eigenvalue weighted by molar-refractivity contribution is 5.99. The number of hydrogen-bond donors (Lipinski definition) is 0. The van der Waals surface area contributed by atoms with E-state index in [1.165, 1.54) is 0 Å². The molecular weight excluding hydrogens is 512 g/mol. The zero-order valence-electron chi connectivity index (χ0n) is 23.3. The van der Waals surface area contributed by atoms with Gasteiger partial charge in [0.05, 0.1) is 0 Å². The second-order valence-corrected chi connectivity index (χ2v) is 9.11. The Morgan fingerprint density at radius 1 is 0.590 bits per heavy atom. The average Bonchev–Trinajstić information content (AvgIpc) is 2.81. The number of allylic oxidation sites excluding steroid dienone is 1. The van der Waals surface area contributed by atoms with Crippen LogP contribution in [0.25, 0.3) is 0 Å². The van der Waals surface area contributed by atoms with E-state index in [2.05, 4.69) is 21.1 Å². The Kier molecular flexibility index (Phi) is 20.6. The van der Waals surface area contributed by atoms with E-state index in [0.717, 1.165) is 71.6 Å². The highest BCUT2D eigenvalue weighted by atomic mass is 16.6. The molecule has 0 saturated heterocycles. The molecule has 0 aromatic carbocycles. The van der Waals surface area contributed by atoms with Crippen molar-refractivity contribution < 1.29 is 52.5 Å². The predicted molar refractivity (Wildman–Crippen MR) is 139 cm³/mol. The molecular formula is C28H42O11. The van der Waals surface area contributed by atoms with E-state index >= 15 is 0 Å². The van der Waals surface area contributed by atoms with Crippen LogP contribution in [-0.4, -0.2) is 47.9 Å². The van der Waals surface area contributed by atoms with Crippen molar-refractivity contribution >= 4 is 41.8 Å². The van der Waals surface area contributed by atoms with Crippen LogP contribution in [0.2, 0.25) is 0 Å². The summed E-state index contributed by atoms with van der Waals surface area (Å²) in [6.07, 6.45) is 12.6. The van der Waals surface area contributed by atoms with Gasteiger partial charge in [0.15, 0.2) is 0 Å². The number of ether oxygens (including phenoxy) is 4. The zero-order chi connectivity index (χ0) is 29.5. The smallest absolute Gasteiger partial charge is 0.324 e. The first-order valence-electron chi connectivity index (χ1n) is 13.5. The van der Waals surface area contributed by atoms with Crippen LogP contribution < -0.4 is 0 Å². The fraction of sp³-hybridized carbons (Fsp3) is 0.679. The molecule has 1 unspecified atom stereocenters. The summed E-state index contributed by atoms with van der Waals surface area (Å²) in [6, 6.07) is 0. The summed E-state index contributed by atoms with van der Waals surface area (Å²) in [7, 11) is 0. The van der Waals surface area contributed by atoms with Crippen LogP contribution >= 0.6 is 0 Å². The van der Waals surface area contributed by atoms with E-state index in [1.807, 2.05) is 12.2 Å². The van der Waals surface area contributed by atoms with Crippen molar-refractivity contribution in [3.8, 4) is 0 Å². The van der Waals surface area contributed by atoms with Gasteiger partial charge in [-0.2, -0.15) is 0 Å². The van der Waals surface area contributed by atoms with Gasteiger partial charge in [-0.05, 0) is 32.1 Å². The van der Waals surface area contributed by atoms with Crippen LogP contribution in [0.4, 0.5) is 0 Å². The summed E-state index contributed by atoms with van der Waals surface area (Å²) in [5.74, 6) is -6.08. The minimum Gasteiger partial charge on any atom is -0.462 e. The Balaban J connectivity index is 4.13. The highest BCUT2D eigenvalue weighted by Gasteiger charge is 2.19. The third-order valence-corrected chi connectivity index (χ3v) is 5.32. The molecule has 0 aromatic heterocycles. The molecule has 0 rings (SSSR count). The molecule has 0 aromatic rings. The molecule has 39 heavy (non-hydrogen) atoms. The lowest BCUT2D eigenvalue weighted by Crippen LogP contribution is -2.21. The quantitative estimate of drug-likeness (QED) is 0.0682. The summed E-state index contributed by atoms with van der Waals surface area (Å²) in [5.41, 5.74) is 0. The second-order valence-electron chi connectivity index (χ2n) is 9.11. The Morgan fingerprint density at radius 3 is 1.74 bits per heavy atom. The van der Waals surface area contributed by atoms with Crippen LogP contribution in [0, 0.1) is 0 Å². The van der Waals surface area contributed by atoms with Crippen LogP contribution in [0.1, 0.15) is 117 Å². The van der Waals surface area contributed by atoms with Gasteiger partial charge in [0.1, 0.15) is 18.9 Å². The van der Waals surface area contributed by atoms with Gasteiger partial charge in [0, 0.05) is 26.7 Å². The Morgan fingerprint density at radius 2 is 1.13 bits per heavy atom. The molecule has 0 bridgehead atoms. The number of unbranched alkanes of at least 4 members (excludes halogenated alkanes) is 8. The summed E-state index contributed by atoms with van der Waals surface area (Å²) in [4.78, 5) is 79.2. The zero-order valence-corrected chi connectivity index (χ0v) is 23.3. The van der Waals surface area contributed by atoms with E-state index in [1.54, 1.807) is 0 Å². The lowest BCUT2D eigenvalue weighted by Gasteiger charge is -2.16. The van der Waals surface area contributed by atoms with Crippen molar-refractivity contribution in [2.24, 2.45) is 0 Å². The Labute approximate surface area is 229 Å². The summed E-state index contributed by atoms with van der Waals surface area (Å²) < 4.78 is 18.5. The molecule has 0 fully saturated rings. The molecule has 0 spiro atoms. The Hall–Kier alpha value is -3.37. The van der Waals surface area contributed by atoms with E-state index in [9.17, 15) is 33.6 Å². The minimum absolute atomic E-state index is 0.0538. The van der Waals surface area contributed by atoms with Crippen LogP contribution in [-0.2, 0) is 52.5 Å². The molecule has 0 aliphatic heterocycles. The molecule has 0 saturated carbocycles. The minimum atomic E-state index is -1.06. The second kappa shape index (κ2) is 22.6. The number of esters is 7. The van der Waals surface area contributed by atoms with Crippen LogP contribution in [0.15, 0.2) is 12.2 Å². The molecule has 0 aliphatic carbocycles. The van der Waals surface area contributed by atoms with Crippen molar-refractivity contribution in [3.05, 3.63) is 12.2 Å². The first-order valence-corrected chi connectivity index (χ1v) is 13.5. The van der Waals surface area contributed by atoms with Crippen LogP contribution in [0.5, 0.6) is 0 Å². The lowest BCUT2D eigenvalue weighted by atomic mass is 10.1. The number of hydrogen-bond acceptors (Lipinski definition) is 11. The molecule has 1 atom stereocenters. The fourth-order valence-corrected chi connectivity index (χ4v) is 3.52. The largest absolute Gasteiger partial charge is 0.462 e. The van der Waals surface area contributed by atoms with Crippen LogP contribution in [0.3, 0.4) is 0 Å². The van der Waals surface area contributed by atoms with Gasteiger partial charge in [-0.3, -0.25) is 33.6 Å². The maximum absolute atomic E-state index is 12.0. The van der Waals surface area contributed by atoms with Gasteiger partial charge in [0.2, 0.25) is 0 Å². The molecule has 11 nitrogen and oxygen atoms in total. The molecule has 11 heteroatoms. The molecule has 0 radical (unpaired) electrons. The van der Waals surface area contributed by atoms with Crippen molar-refractivity contribution in [1.82, 2.24) is 0 Å². The average molecular weight is 555 g/mol. The van der Waals surface area contributed by atoms with Gasteiger partial charge >= 0.3 is 41.8 Å². The SMILES string of the molecule is CCCCCCC(C/C=C\CCCCCCCC(=O)OC(=O)CC(=O)OC(C)=O)OC(=O)CC(=O)OC(C)=O. The number of carbonyl (C=O) groups is 7. The van der Waals surface area contributed by atoms with Gasteiger partial charge in [-0.15, -0.1) is 0 Å². The maximum Gasteiger partial charge on any atom is 0.324 e. The standard InChI is InChI=1S/C28H42O11/c1-4-5-6-13-16-23(38-27(34)19-25(32)36-21(2)29)17-14-11-9-7-8-10-12-15-18-24(31)39-28(35)20-26(33)37-22(3)30/h11,14,23H,4-10,12-13,15-20H2,1-3H3/b14-11-. The summed E-state index contributed by atoms with van der Waals surface area (Å²) >= 11 is 0. The topological polar surface area (TPSA) is 156 Å². The summed E-state index contributed by atoms with van der Waals surface area (Å²) in [5, 5.41) is 0. The lowest BCUT2D eigenvalue weighted by molar-refractivity contribution is -0.167. The molecule has 0 aliphatic rings. The van der Waals surface area contributed by atoms with E-state index in [0.29, 0.717) is 19.3 Å². The molecule has 220 valence electrons. The van der Waals surface area contributed by atoms with Crippen molar-refractivity contribution in [2.45, 2.75) is 123 Å². The monoisotopic (exact) mass is 554 g/mol. The first kappa shape index (κ1) is 35.6. The van der Waals surface area contributed by atoms with Crippen molar-refractivity contribution in [1.29, 1.82) is 0 Å². The van der Waals surface area contributed by atoms with E-state index in [-0.39, 0.29) is 12.5 Å². The van der Waals surface area contributed by atoms with E-state index in [4.69, 9.17) is 4.74 Å². The fourth-order valence-electron chi connectivity index (χ4n) is 3.52.